The van der Waals surface area contributed by atoms with Crippen molar-refractivity contribution in [1.82, 2.24) is 10.3 Å². The van der Waals surface area contributed by atoms with Gasteiger partial charge in [-0.2, -0.15) is 0 Å². The Labute approximate surface area is 105 Å². The molecule has 2 unspecified atom stereocenters. The SMILES string of the molecule is CC(CNC(=O)c1cccnc1Br)S(C)=O. The number of nitrogens with zero attached hydrogens (tertiary/aromatic N) is 1. The van der Waals surface area contributed by atoms with Crippen molar-refractivity contribution in [2.45, 2.75) is 12.2 Å². The summed E-state index contributed by atoms with van der Waals surface area (Å²) in [5.41, 5.74) is 0.483. The average molecular weight is 305 g/mol. The first-order chi connectivity index (χ1) is 7.52. The Hall–Kier alpha value is -0.750. The van der Waals surface area contributed by atoms with Gasteiger partial charge in [-0.25, -0.2) is 4.98 Å². The summed E-state index contributed by atoms with van der Waals surface area (Å²) < 4.78 is 11.6. The van der Waals surface area contributed by atoms with Gasteiger partial charge in [-0.3, -0.25) is 9.00 Å². The molecule has 1 aromatic heterocycles. The molecule has 1 rings (SSSR count). The van der Waals surface area contributed by atoms with E-state index in [0.29, 0.717) is 16.7 Å². The number of carbonyl (C=O) groups is 1. The maximum absolute atomic E-state index is 11.7. The molecule has 0 aliphatic heterocycles. The third kappa shape index (κ3) is 3.68. The minimum absolute atomic E-state index is 0.0561. The topological polar surface area (TPSA) is 59.1 Å². The normalized spacial score (nSPS) is 14.2. The Morgan fingerprint density at radius 1 is 1.69 bits per heavy atom. The second-order valence-electron chi connectivity index (χ2n) is 3.36. The number of carbonyl (C=O) groups excluding carboxylic acids is 1. The van der Waals surface area contributed by atoms with Gasteiger partial charge in [-0.15, -0.1) is 0 Å². The molecule has 0 aliphatic rings. The van der Waals surface area contributed by atoms with Crippen molar-refractivity contribution in [2.24, 2.45) is 0 Å². The summed E-state index contributed by atoms with van der Waals surface area (Å²) in [5.74, 6) is -0.211. The van der Waals surface area contributed by atoms with Crippen molar-refractivity contribution in [2.75, 3.05) is 12.8 Å². The van der Waals surface area contributed by atoms with E-state index in [1.54, 1.807) is 24.6 Å². The highest BCUT2D eigenvalue weighted by Gasteiger charge is 2.12. The monoisotopic (exact) mass is 304 g/mol. The quantitative estimate of drug-likeness (QED) is 0.854. The Bertz CT molecular complexity index is 412. The summed E-state index contributed by atoms with van der Waals surface area (Å²) in [6, 6.07) is 3.38. The van der Waals surface area contributed by atoms with Crippen LogP contribution in [0.3, 0.4) is 0 Å². The number of pyridine rings is 1. The first-order valence-electron chi connectivity index (χ1n) is 4.73. The molecule has 0 fully saturated rings. The Morgan fingerprint density at radius 3 is 2.94 bits per heavy atom. The van der Waals surface area contributed by atoms with E-state index in [2.05, 4.69) is 26.2 Å². The summed E-state index contributed by atoms with van der Waals surface area (Å²) in [5, 5.41) is 2.66. The molecule has 0 saturated heterocycles. The maximum Gasteiger partial charge on any atom is 0.254 e. The van der Waals surface area contributed by atoms with Crippen LogP contribution < -0.4 is 5.32 Å². The molecule has 2 atom stereocenters. The third-order valence-electron chi connectivity index (χ3n) is 2.12. The van der Waals surface area contributed by atoms with Crippen LogP contribution in [-0.4, -0.2) is 33.2 Å². The zero-order valence-corrected chi connectivity index (χ0v) is 11.5. The smallest absolute Gasteiger partial charge is 0.254 e. The summed E-state index contributed by atoms with van der Waals surface area (Å²) >= 11 is 3.20. The van der Waals surface area contributed by atoms with Gasteiger partial charge in [0.05, 0.1) is 5.56 Å². The van der Waals surface area contributed by atoms with Gasteiger partial charge in [0.15, 0.2) is 0 Å². The van der Waals surface area contributed by atoms with Crippen molar-refractivity contribution in [3.63, 3.8) is 0 Å². The lowest BCUT2D eigenvalue weighted by Gasteiger charge is -2.10. The molecule has 1 amide bonds. The fraction of sp³-hybridized carbons (Fsp3) is 0.400. The molecule has 1 aromatic rings. The molecule has 1 N–H and O–H groups in total. The van der Waals surface area contributed by atoms with Crippen molar-refractivity contribution in [3.8, 4) is 0 Å². The third-order valence-corrected chi connectivity index (χ3v) is 4.05. The van der Waals surface area contributed by atoms with Gasteiger partial charge in [-0.05, 0) is 35.0 Å². The highest BCUT2D eigenvalue weighted by atomic mass is 79.9. The van der Waals surface area contributed by atoms with E-state index in [-0.39, 0.29) is 11.2 Å². The van der Waals surface area contributed by atoms with Crippen molar-refractivity contribution >= 4 is 32.6 Å². The number of hydrogen-bond acceptors (Lipinski definition) is 3. The number of rotatable bonds is 4. The van der Waals surface area contributed by atoms with Crippen molar-refractivity contribution < 1.29 is 9.00 Å². The maximum atomic E-state index is 11.7. The van der Waals surface area contributed by atoms with E-state index in [1.165, 1.54) is 0 Å². The predicted molar refractivity (Wildman–Crippen MR) is 67.8 cm³/mol. The van der Waals surface area contributed by atoms with Crippen molar-refractivity contribution in [3.05, 3.63) is 28.5 Å². The molecule has 0 saturated carbocycles. The first-order valence-corrected chi connectivity index (χ1v) is 7.14. The van der Waals surface area contributed by atoms with E-state index in [4.69, 9.17) is 0 Å². The minimum Gasteiger partial charge on any atom is -0.351 e. The average Bonchev–Trinajstić information content (AvgIpc) is 2.25. The molecular formula is C10H13BrN2O2S. The summed E-state index contributed by atoms with van der Waals surface area (Å²) in [6.07, 6.45) is 3.22. The molecule has 16 heavy (non-hydrogen) atoms. The van der Waals surface area contributed by atoms with Gasteiger partial charge in [0.25, 0.3) is 5.91 Å². The van der Waals surface area contributed by atoms with Crippen LogP contribution in [-0.2, 0) is 10.8 Å². The van der Waals surface area contributed by atoms with Gasteiger partial charge in [0.1, 0.15) is 4.60 Å². The second kappa shape index (κ2) is 6.10. The van der Waals surface area contributed by atoms with Crippen LogP contribution in [0, 0.1) is 0 Å². The predicted octanol–water partition coefficient (Wildman–Crippen LogP) is 1.34. The van der Waals surface area contributed by atoms with Gasteiger partial charge in [0, 0.05) is 35.0 Å². The summed E-state index contributed by atoms with van der Waals surface area (Å²) in [6.45, 7) is 2.22. The lowest BCUT2D eigenvalue weighted by atomic mass is 10.2. The van der Waals surface area contributed by atoms with Gasteiger partial charge < -0.3 is 5.32 Å². The minimum atomic E-state index is -0.931. The number of halogens is 1. The molecule has 4 nitrogen and oxygen atoms in total. The van der Waals surface area contributed by atoms with Gasteiger partial charge in [-0.1, -0.05) is 0 Å². The van der Waals surface area contributed by atoms with Crippen LogP contribution in [0.2, 0.25) is 0 Å². The summed E-state index contributed by atoms with van der Waals surface area (Å²) in [4.78, 5) is 15.7. The zero-order chi connectivity index (χ0) is 12.1. The van der Waals surface area contributed by atoms with Crippen LogP contribution >= 0.6 is 15.9 Å². The number of nitrogens with one attached hydrogen (secondary N) is 1. The molecule has 6 heteroatoms. The Morgan fingerprint density at radius 2 is 2.38 bits per heavy atom. The lowest BCUT2D eigenvalue weighted by Crippen LogP contribution is -2.32. The van der Waals surface area contributed by atoms with Crippen LogP contribution in [0.15, 0.2) is 22.9 Å². The van der Waals surface area contributed by atoms with Crippen LogP contribution in [0.25, 0.3) is 0 Å². The largest absolute Gasteiger partial charge is 0.351 e. The molecule has 88 valence electrons. The fourth-order valence-corrected chi connectivity index (χ4v) is 1.75. The molecule has 0 radical (unpaired) electrons. The van der Waals surface area contributed by atoms with E-state index < -0.39 is 10.8 Å². The summed E-state index contributed by atoms with van der Waals surface area (Å²) in [7, 11) is -0.931. The van der Waals surface area contributed by atoms with E-state index in [1.807, 2.05) is 6.92 Å². The zero-order valence-electron chi connectivity index (χ0n) is 9.07. The number of hydrogen-bond donors (Lipinski definition) is 1. The standard InChI is InChI=1S/C10H13BrN2O2S/c1-7(16(2)15)6-13-10(14)8-4-3-5-12-9(8)11/h3-5,7H,6H2,1-2H3,(H,13,14). The van der Waals surface area contributed by atoms with E-state index in [0.717, 1.165) is 0 Å². The number of aromatic nitrogens is 1. The van der Waals surface area contributed by atoms with Crippen LogP contribution in [0.5, 0.6) is 0 Å². The molecule has 1 heterocycles. The molecule has 0 aliphatic carbocycles. The Balaban J connectivity index is 2.60. The van der Waals surface area contributed by atoms with E-state index >= 15 is 0 Å². The first kappa shape index (κ1) is 13.3. The second-order valence-corrected chi connectivity index (χ2v) is 5.91. The van der Waals surface area contributed by atoms with Gasteiger partial charge >= 0.3 is 0 Å². The molecule has 0 spiro atoms. The fourth-order valence-electron chi connectivity index (χ4n) is 1.00. The molecular weight excluding hydrogens is 292 g/mol. The highest BCUT2D eigenvalue weighted by molar-refractivity contribution is 9.10. The number of amides is 1. The van der Waals surface area contributed by atoms with Gasteiger partial charge in [0.2, 0.25) is 0 Å². The molecule has 0 bridgehead atoms. The van der Waals surface area contributed by atoms with E-state index in [9.17, 15) is 9.00 Å². The molecule has 0 aromatic carbocycles. The van der Waals surface area contributed by atoms with Crippen LogP contribution in [0.1, 0.15) is 17.3 Å². The Kier molecular flexibility index (Phi) is 5.08. The van der Waals surface area contributed by atoms with Crippen LogP contribution in [0.4, 0.5) is 0 Å². The lowest BCUT2D eigenvalue weighted by molar-refractivity contribution is 0.0953. The highest BCUT2D eigenvalue weighted by Crippen LogP contribution is 2.11. The van der Waals surface area contributed by atoms with Crippen molar-refractivity contribution in [1.29, 1.82) is 0 Å².